The fraction of sp³-hybridized carbons (Fsp3) is 0.438. The number of nitrogens with two attached hydrogens (primary N) is 2. The van der Waals surface area contributed by atoms with Gasteiger partial charge in [0.05, 0.1) is 5.69 Å². The zero-order valence-corrected chi connectivity index (χ0v) is 14.7. The molecule has 5 N–H and O–H groups in total. The van der Waals surface area contributed by atoms with Gasteiger partial charge in [0.15, 0.2) is 0 Å². The number of hydrogen-bond acceptors (Lipinski definition) is 7. The summed E-state index contributed by atoms with van der Waals surface area (Å²) < 4.78 is 5.40. The largest absolute Gasteiger partial charge is 0.422 e. The number of pyridine rings is 1. The van der Waals surface area contributed by atoms with Crippen LogP contribution in [0.25, 0.3) is 0 Å². The summed E-state index contributed by atoms with van der Waals surface area (Å²) in [5, 5.41) is 10.3. The molecular weight excluding hydrogens is 324 g/mol. The van der Waals surface area contributed by atoms with Gasteiger partial charge in [0.1, 0.15) is 12.5 Å². The third-order valence-electron chi connectivity index (χ3n) is 2.97. The lowest BCUT2D eigenvalue weighted by atomic mass is 10.1. The molecule has 2 aromatic rings. The van der Waals surface area contributed by atoms with Crippen molar-refractivity contribution in [2.45, 2.75) is 46.2 Å². The molecule has 136 valence electrons. The molecule has 2 amide bonds. The number of primary amides is 1. The molecule has 0 aliphatic heterocycles. The molecule has 2 heterocycles. The Morgan fingerprint density at radius 3 is 2.52 bits per heavy atom. The number of carbonyl (C=O) groups is 2. The second-order valence-corrected chi connectivity index (χ2v) is 4.96. The van der Waals surface area contributed by atoms with Gasteiger partial charge in [-0.2, -0.15) is 0 Å². The summed E-state index contributed by atoms with van der Waals surface area (Å²) in [5.74, 6) is -0.531. The third kappa shape index (κ3) is 6.68. The molecule has 0 fully saturated rings. The van der Waals surface area contributed by atoms with Gasteiger partial charge in [-0.25, -0.2) is 0 Å². The topological polar surface area (TPSA) is 150 Å². The van der Waals surface area contributed by atoms with E-state index in [4.69, 9.17) is 15.9 Å². The van der Waals surface area contributed by atoms with E-state index >= 15 is 0 Å². The Morgan fingerprint density at radius 1 is 1.24 bits per heavy atom. The van der Waals surface area contributed by atoms with Gasteiger partial charge < -0.3 is 21.2 Å². The van der Waals surface area contributed by atoms with E-state index in [0.717, 1.165) is 11.4 Å². The van der Waals surface area contributed by atoms with Gasteiger partial charge in [-0.3, -0.25) is 14.6 Å². The van der Waals surface area contributed by atoms with Gasteiger partial charge in [-0.05, 0) is 12.1 Å². The third-order valence-corrected chi connectivity index (χ3v) is 2.97. The molecule has 0 aliphatic rings. The number of nitrogens with zero attached hydrogens (tertiary/aromatic N) is 3. The van der Waals surface area contributed by atoms with Crippen molar-refractivity contribution in [2.75, 3.05) is 0 Å². The van der Waals surface area contributed by atoms with E-state index in [1.807, 2.05) is 32.0 Å². The number of hydrogen-bond donors (Lipinski definition) is 3. The number of rotatable bonds is 7. The zero-order valence-electron chi connectivity index (χ0n) is 14.7. The quantitative estimate of drug-likeness (QED) is 0.655. The van der Waals surface area contributed by atoms with E-state index in [1.54, 1.807) is 0 Å². The minimum Gasteiger partial charge on any atom is -0.422 e. The van der Waals surface area contributed by atoms with Gasteiger partial charge in [0, 0.05) is 25.6 Å². The van der Waals surface area contributed by atoms with Gasteiger partial charge >= 0.3 is 0 Å². The minimum atomic E-state index is -0.575. The molecule has 0 aliphatic carbocycles. The Bertz CT molecular complexity index is 701. The summed E-state index contributed by atoms with van der Waals surface area (Å²) in [7, 11) is 0. The molecule has 0 radical (unpaired) electrons. The van der Waals surface area contributed by atoms with Crippen LogP contribution < -0.4 is 16.8 Å². The van der Waals surface area contributed by atoms with E-state index in [-0.39, 0.29) is 24.1 Å². The minimum absolute atomic E-state index is 0.103. The Kier molecular flexibility index (Phi) is 8.21. The lowest BCUT2D eigenvalue weighted by Gasteiger charge is -2.14. The smallest absolute Gasteiger partial charge is 0.239 e. The fourth-order valence-corrected chi connectivity index (χ4v) is 2.04. The zero-order chi connectivity index (χ0) is 18.8. The van der Waals surface area contributed by atoms with Crippen LogP contribution in [0.3, 0.4) is 0 Å². The van der Waals surface area contributed by atoms with Gasteiger partial charge in [0.2, 0.25) is 23.6 Å². The SMILES string of the molecule is CC.CC(=O)NC(Cc1cccc(CN)n1)c1nnc(CC(N)=O)o1. The second-order valence-electron chi connectivity index (χ2n) is 4.96. The number of nitrogens with one attached hydrogen (secondary N) is 1. The highest BCUT2D eigenvalue weighted by atomic mass is 16.4. The molecule has 0 saturated carbocycles. The van der Waals surface area contributed by atoms with Crippen LogP contribution in [0.4, 0.5) is 0 Å². The molecule has 1 unspecified atom stereocenters. The number of aromatic nitrogens is 3. The highest BCUT2D eigenvalue weighted by Crippen LogP contribution is 2.17. The summed E-state index contributed by atoms with van der Waals surface area (Å²) in [6, 6.07) is 4.91. The molecule has 2 rings (SSSR count). The molecule has 0 spiro atoms. The maximum atomic E-state index is 11.4. The first kappa shape index (κ1) is 20.2. The number of carbonyl (C=O) groups excluding carboxylic acids is 2. The van der Waals surface area contributed by atoms with E-state index in [1.165, 1.54) is 6.92 Å². The monoisotopic (exact) mass is 348 g/mol. The fourth-order valence-electron chi connectivity index (χ4n) is 2.04. The standard InChI is InChI=1S/C14H18N6O3.C2H6/c1-8(21)17-11(5-9-3-2-4-10(7-15)18-9)14-20-19-13(23-14)6-12(16)22;1-2/h2-4,11H,5-7,15H2,1H3,(H2,16,22)(H,17,21);1-2H3. The van der Waals surface area contributed by atoms with Crippen molar-refractivity contribution in [3.63, 3.8) is 0 Å². The van der Waals surface area contributed by atoms with Crippen LogP contribution >= 0.6 is 0 Å². The van der Waals surface area contributed by atoms with E-state index in [2.05, 4.69) is 20.5 Å². The highest BCUT2D eigenvalue weighted by molar-refractivity contribution is 5.75. The summed E-state index contributed by atoms with van der Waals surface area (Å²) >= 11 is 0. The van der Waals surface area contributed by atoms with E-state index in [0.29, 0.717) is 13.0 Å². The van der Waals surface area contributed by atoms with Crippen LogP contribution in [-0.2, 0) is 29.0 Å². The Labute approximate surface area is 146 Å². The maximum Gasteiger partial charge on any atom is 0.239 e. The van der Waals surface area contributed by atoms with Crippen molar-refractivity contribution in [3.05, 3.63) is 41.4 Å². The van der Waals surface area contributed by atoms with Crippen LogP contribution in [0, 0.1) is 0 Å². The molecule has 25 heavy (non-hydrogen) atoms. The molecule has 0 saturated heterocycles. The predicted octanol–water partition coefficient (Wildman–Crippen LogP) is 0.397. The van der Waals surface area contributed by atoms with E-state index < -0.39 is 11.9 Å². The average Bonchev–Trinajstić information content (AvgIpc) is 3.03. The van der Waals surface area contributed by atoms with Crippen molar-refractivity contribution >= 4 is 11.8 Å². The van der Waals surface area contributed by atoms with Gasteiger partial charge in [0.25, 0.3) is 0 Å². The van der Waals surface area contributed by atoms with Crippen LogP contribution in [-0.4, -0.2) is 27.0 Å². The van der Waals surface area contributed by atoms with Crippen LogP contribution in [0.2, 0.25) is 0 Å². The first-order valence-electron chi connectivity index (χ1n) is 8.00. The summed E-state index contributed by atoms with van der Waals surface area (Å²) in [6.45, 7) is 5.71. The molecule has 1 atom stereocenters. The molecule has 0 aromatic carbocycles. The highest BCUT2D eigenvalue weighted by Gasteiger charge is 2.21. The van der Waals surface area contributed by atoms with E-state index in [9.17, 15) is 9.59 Å². The van der Waals surface area contributed by atoms with Crippen LogP contribution in [0.1, 0.15) is 50.0 Å². The summed E-state index contributed by atoms with van der Waals surface area (Å²) in [6.07, 6.45) is 0.201. The second kappa shape index (κ2) is 10.1. The lowest BCUT2D eigenvalue weighted by molar-refractivity contribution is -0.120. The summed E-state index contributed by atoms with van der Waals surface area (Å²) in [5.41, 5.74) is 12.1. The Hall–Kier alpha value is -2.81. The molecule has 9 heteroatoms. The lowest BCUT2D eigenvalue weighted by Crippen LogP contribution is -2.28. The summed E-state index contributed by atoms with van der Waals surface area (Å²) in [4.78, 5) is 26.7. The van der Waals surface area contributed by atoms with Crippen molar-refractivity contribution in [1.82, 2.24) is 20.5 Å². The van der Waals surface area contributed by atoms with Crippen LogP contribution in [0.15, 0.2) is 22.6 Å². The Morgan fingerprint density at radius 2 is 1.92 bits per heavy atom. The van der Waals surface area contributed by atoms with Crippen molar-refractivity contribution in [2.24, 2.45) is 11.5 Å². The normalized spacial score (nSPS) is 11.2. The molecular formula is C16H24N6O3. The average molecular weight is 348 g/mol. The number of amides is 2. The first-order chi connectivity index (χ1) is 12.0. The van der Waals surface area contributed by atoms with Crippen molar-refractivity contribution in [1.29, 1.82) is 0 Å². The first-order valence-corrected chi connectivity index (χ1v) is 8.00. The Balaban J connectivity index is 0.00000151. The van der Waals surface area contributed by atoms with Gasteiger partial charge in [-0.1, -0.05) is 19.9 Å². The molecule has 9 nitrogen and oxygen atoms in total. The van der Waals surface area contributed by atoms with Crippen molar-refractivity contribution in [3.8, 4) is 0 Å². The molecule has 2 aromatic heterocycles. The van der Waals surface area contributed by atoms with Crippen LogP contribution in [0.5, 0.6) is 0 Å². The predicted molar refractivity (Wildman–Crippen MR) is 90.9 cm³/mol. The van der Waals surface area contributed by atoms with Gasteiger partial charge in [-0.15, -0.1) is 10.2 Å². The molecule has 0 bridgehead atoms. The van der Waals surface area contributed by atoms with Crippen molar-refractivity contribution < 1.29 is 14.0 Å². The maximum absolute atomic E-state index is 11.4.